The minimum absolute atomic E-state index is 0.0287. The van der Waals surface area contributed by atoms with Gasteiger partial charge in [-0.15, -0.1) is 0 Å². The fourth-order valence-corrected chi connectivity index (χ4v) is 2.61. The highest BCUT2D eigenvalue weighted by Crippen LogP contribution is 2.18. The molecule has 0 spiro atoms. The van der Waals surface area contributed by atoms with E-state index in [0.717, 1.165) is 37.3 Å². The van der Waals surface area contributed by atoms with Crippen LogP contribution < -0.4 is 15.5 Å². The van der Waals surface area contributed by atoms with Crippen LogP contribution in [-0.2, 0) is 0 Å². The maximum Gasteiger partial charge on any atom is 0.251 e. The summed E-state index contributed by atoms with van der Waals surface area (Å²) in [5, 5.41) is 6.45. The molecule has 1 amide bonds. The molecule has 1 aromatic carbocycles. The Balaban J connectivity index is 1.88. The highest BCUT2D eigenvalue weighted by Gasteiger charge is 2.21. The van der Waals surface area contributed by atoms with Gasteiger partial charge in [-0.1, -0.05) is 6.92 Å². The summed E-state index contributed by atoms with van der Waals surface area (Å²) in [5.74, 6) is 1.24. The molecule has 20 heavy (non-hydrogen) atoms. The summed E-state index contributed by atoms with van der Waals surface area (Å²) in [5.41, 5.74) is 1.84. The Kier molecular flexibility index (Phi) is 5.01. The average Bonchev–Trinajstić information content (AvgIpc) is 2.46. The Bertz CT molecular complexity index is 442. The van der Waals surface area contributed by atoms with Gasteiger partial charge in [-0.05, 0) is 55.6 Å². The molecule has 4 nitrogen and oxygen atoms in total. The average molecular weight is 275 g/mol. The fraction of sp³-hybridized carbons (Fsp3) is 0.562. The number of anilines is 1. The van der Waals surface area contributed by atoms with E-state index in [4.69, 9.17) is 0 Å². The third-order valence-electron chi connectivity index (χ3n) is 4.13. The molecule has 0 bridgehead atoms. The molecule has 1 heterocycles. The van der Waals surface area contributed by atoms with Crippen molar-refractivity contribution in [3.63, 3.8) is 0 Å². The molecular weight excluding hydrogens is 250 g/mol. The topological polar surface area (TPSA) is 44.4 Å². The quantitative estimate of drug-likeness (QED) is 0.879. The van der Waals surface area contributed by atoms with Gasteiger partial charge in [0.2, 0.25) is 0 Å². The van der Waals surface area contributed by atoms with E-state index in [9.17, 15) is 4.79 Å². The summed E-state index contributed by atoms with van der Waals surface area (Å²) < 4.78 is 0. The molecular formula is C16H25N3O. The van der Waals surface area contributed by atoms with Gasteiger partial charge in [0.1, 0.15) is 0 Å². The van der Waals surface area contributed by atoms with Gasteiger partial charge >= 0.3 is 0 Å². The Hall–Kier alpha value is -1.55. The van der Waals surface area contributed by atoms with Gasteiger partial charge in [-0.3, -0.25) is 4.79 Å². The monoisotopic (exact) mass is 275 g/mol. The third kappa shape index (κ3) is 3.73. The fourth-order valence-electron chi connectivity index (χ4n) is 2.61. The molecule has 2 rings (SSSR count). The van der Waals surface area contributed by atoms with Crippen molar-refractivity contribution < 1.29 is 4.79 Å². The van der Waals surface area contributed by atoms with E-state index in [1.807, 2.05) is 43.3 Å². The van der Waals surface area contributed by atoms with Crippen molar-refractivity contribution in [1.29, 1.82) is 0 Å². The van der Waals surface area contributed by atoms with Crippen molar-refractivity contribution in [2.24, 2.45) is 11.8 Å². The van der Waals surface area contributed by atoms with Gasteiger partial charge in [-0.2, -0.15) is 0 Å². The van der Waals surface area contributed by atoms with Gasteiger partial charge < -0.3 is 15.5 Å². The molecule has 0 aromatic heterocycles. The lowest BCUT2D eigenvalue weighted by molar-refractivity contribution is 0.0938. The number of hydrogen-bond donors (Lipinski definition) is 2. The van der Waals surface area contributed by atoms with Crippen molar-refractivity contribution >= 4 is 11.6 Å². The molecule has 0 radical (unpaired) electrons. The number of nitrogens with one attached hydrogen (secondary N) is 2. The van der Waals surface area contributed by atoms with Crippen molar-refractivity contribution in [2.75, 3.05) is 38.6 Å². The lowest BCUT2D eigenvalue weighted by Crippen LogP contribution is -2.41. The second-order valence-corrected chi connectivity index (χ2v) is 5.88. The van der Waals surface area contributed by atoms with Crippen LogP contribution in [0.5, 0.6) is 0 Å². The molecule has 110 valence electrons. The van der Waals surface area contributed by atoms with Gasteiger partial charge in [0.25, 0.3) is 5.91 Å². The lowest BCUT2D eigenvalue weighted by atomic mass is 9.88. The van der Waals surface area contributed by atoms with Crippen molar-refractivity contribution in [2.45, 2.75) is 13.3 Å². The Morgan fingerprint density at radius 2 is 2.05 bits per heavy atom. The first-order valence-electron chi connectivity index (χ1n) is 7.34. The number of amides is 1. The number of carbonyl (C=O) groups excluding carboxylic acids is 1. The van der Waals surface area contributed by atoms with E-state index in [0.29, 0.717) is 11.8 Å². The van der Waals surface area contributed by atoms with Gasteiger partial charge in [-0.25, -0.2) is 0 Å². The second-order valence-electron chi connectivity index (χ2n) is 5.88. The van der Waals surface area contributed by atoms with Gasteiger partial charge in [0.15, 0.2) is 0 Å². The number of nitrogens with zero attached hydrogens (tertiary/aromatic N) is 1. The third-order valence-corrected chi connectivity index (χ3v) is 4.13. The molecule has 1 aliphatic heterocycles. The van der Waals surface area contributed by atoms with Crippen LogP contribution in [0.25, 0.3) is 0 Å². The predicted molar refractivity (Wildman–Crippen MR) is 83.2 cm³/mol. The summed E-state index contributed by atoms with van der Waals surface area (Å²) in [6.07, 6.45) is 1.14. The molecule has 1 fully saturated rings. The zero-order chi connectivity index (χ0) is 14.5. The first kappa shape index (κ1) is 14.9. The van der Waals surface area contributed by atoms with Gasteiger partial charge in [0.05, 0.1) is 0 Å². The van der Waals surface area contributed by atoms with E-state index in [-0.39, 0.29) is 5.91 Å². The summed E-state index contributed by atoms with van der Waals surface area (Å²) >= 11 is 0. The summed E-state index contributed by atoms with van der Waals surface area (Å²) in [6.45, 7) is 5.13. The van der Waals surface area contributed by atoms with Crippen molar-refractivity contribution in [1.82, 2.24) is 10.6 Å². The maximum atomic E-state index is 12.1. The zero-order valence-corrected chi connectivity index (χ0v) is 12.6. The molecule has 2 atom stereocenters. The van der Waals surface area contributed by atoms with E-state index < -0.39 is 0 Å². The molecule has 0 aliphatic carbocycles. The standard InChI is InChI=1S/C16H25N3O/c1-12-10-17-9-8-14(12)11-18-16(20)13-4-6-15(7-5-13)19(2)3/h4-7,12,14,17H,8-11H2,1-3H3,(H,18,20). The Morgan fingerprint density at radius 3 is 2.65 bits per heavy atom. The van der Waals surface area contributed by atoms with Crippen LogP contribution in [0, 0.1) is 11.8 Å². The summed E-state index contributed by atoms with van der Waals surface area (Å²) in [6, 6.07) is 7.72. The molecule has 2 N–H and O–H groups in total. The lowest BCUT2D eigenvalue weighted by Gasteiger charge is -2.29. The normalized spacial score (nSPS) is 22.4. The minimum atomic E-state index is 0.0287. The number of hydrogen-bond acceptors (Lipinski definition) is 3. The van der Waals surface area contributed by atoms with Crippen LogP contribution in [0.15, 0.2) is 24.3 Å². The highest BCUT2D eigenvalue weighted by molar-refractivity contribution is 5.94. The number of piperidine rings is 1. The van der Waals surface area contributed by atoms with Gasteiger partial charge in [0, 0.05) is 31.9 Å². The summed E-state index contributed by atoms with van der Waals surface area (Å²) in [4.78, 5) is 14.2. The second kappa shape index (κ2) is 6.75. The van der Waals surface area contributed by atoms with Crippen LogP contribution in [0.1, 0.15) is 23.7 Å². The molecule has 2 unspecified atom stereocenters. The van der Waals surface area contributed by atoms with Crippen molar-refractivity contribution in [3.8, 4) is 0 Å². The molecule has 1 aliphatic rings. The summed E-state index contributed by atoms with van der Waals surface area (Å²) in [7, 11) is 3.99. The molecule has 1 aromatic rings. The minimum Gasteiger partial charge on any atom is -0.378 e. The number of carbonyl (C=O) groups is 1. The molecule has 1 saturated heterocycles. The van der Waals surface area contributed by atoms with Crippen LogP contribution >= 0.6 is 0 Å². The van der Waals surface area contributed by atoms with Crippen LogP contribution in [0.2, 0.25) is 0 Å². The van der Waals surface area contributed by atoms with E-state index in [2.05, 4.69) is 17.6 Å². The Labute approximate surface area is 121 Å². The highest BCUT2D eigenvalue weighted by atomic mass is 16.1. The smallest absolute Gasteiger partial charge is 0.251 e. The molecule has 0 saturated carbocycles. The molecule has 4 heteroatoms. The van der Waals surface area contributed by atoms with Crippen LogP contribution in [0.3, 0.4) is 0 Å². The van der Waals surface area contributed by atoms with E-state index >= 15 is 0 Å². The van der Waals surface area contributed by atoms with E-state index in [1.165, 1.54) is 0 Å². The van der Waals surface area contributed by atoms with Crippen LogP contribution in [0.4, 0.5) is 5.69 Å². The predicted octanol–water partition coefficient (Wildman–Crippen LogP) is 1.73. The largest absolute Gasteiger partial charge is 0.378 e. The Morgan fingerprint density at radius 1 is 1.35 bits per heavy atom. The zero-order valence-electron chi connectivity index (χ0n) is 12.6. The first-order valence-corrected chi connectivity index (χ1v) is 7.34. The number of benzene rings is 1. The van der Waals surface area contributed by atoms with Crippen molar-refractivity contribution in [3.05, 3.63) is 29.8 Å². The first-order chi connectivity index (χ1) is 9.58. The SMILES string of the molecule is CC1CNCCC1CNC(=O)c1ccc(N(C)C)cc1. The number of rotatable bonds is 4. The van der Waals surface area contributed by atoms with Crippen LogP contribution in [-0.4, -0.2) is 39.6 Å². The maximum absolute atomic E-state index is 12.1. The van der Waals surface area contributed by atoms with E-state index in [1.54, 1.807) is 0 Å².